The normalized spacial score (nSPS) is 12.4. The van der Waals surface area contributed by atoms with Crippen LogP contribution in [0, 0.1) is 0 Å². The lowest BCUT2D eigenvalue weighted by Crippen LogP contribution is -2.41. The van der Waals surface area contributed by atoms with Crippen LogP contribution < -0.4 is 4.72 Å². The molecule has 10 heteroatoms. The van der Waals surface area contributed by atoms with Crippen LogP contribution in [0.15, 0.2) is 71.9 Å². The quantitative estimate of drug-likeness (QED) is 0.516. The molecule has 1 heterocycles. The van der Waals surface area contributed by atoms with E-state index in [4.69, 9.17) is 4.74 Å². The highest BCUT2D eigenvalue weighted by atomic mass is 32.2. The number of rotatable bonds is 6. The van der Waals surface area contributed by atoms with Crippen LogP contribution >= 0.6 is 0 Å². The summed E-state index contributed by atoms with van der Waals surface area (Å²) in [6, 6.07) is 12.3. The molecular weight excluding hydrogens is 457 g/mol. The van der Waals surface area contributed by atoms with E-state index in [2.05, 4.69) is 9.71 Å². The van der Waals surface area contributed by atoms with E-state index in [0.717, 1.165) is 18.2 Å². The maximum absolute atomic E-state index is 13.4. The Hall–Kier alpha value is -3.24. The third-order valence-corrected chi connectivity index (χ3v) is 6.71. The van der Waals surface area contributed by atoms with Crippen molar-refractivity contribution in [3.8, 4) is 11.1 Å². The first-order valence-electron chi connectivity index (χ1n) is 9.70. The summed E-state index contributed by atoms with van der Waals surface area (Å²) in [6.07, 6.45) is -1.98. The second kappa shape index (κ2) is 8.95. The Morgan fingerprint density at radius 2 is 1.73 bits per heavy atom. The van der Waals surface area contributed by atoms with Gasteiger partial charge in [-0.05, 0) is 54.8 Å². The molecule has 174 valence electrons. The Balaban J connectivity index is 2.02. The van der Waals surface area contributed by atoms with Crippen molar-refractivity contribution in [3.63, 3.8) is 0 Å². The summed E-state index contributed by atoms with van der Waals surface area (Å²) in [5, 5.41) is 0. The molecule has 0 saturated heterocycles. The first-order valence-corrected chi connectivity index (χ1v) is 11.2. The monoisotopic (exact) mass is 478 g/mol. The third-order valence-electron chi connectivity index (χ3n) is 4.99. The number of halogens is 3. The van der Waals surface area contributed by atoms with E-state index in [1.165, 1.54) is 39.4 Å². The molecule has 1 aromatic heterocycles. The van der Waals surface area contributed by atoms with Crippen LogP contribution in [0.5, 0.6) is 0 Å². The molecule has 33 heavy (non-hydrogen) atoms. The molecule has 0 aliphatic rings. The molecule has 3 aromatic rings. The van der Waals surface area contributed by atoms with Gasteiger partial charge < -0.3 is 4.74 Å². The van der Waals surface area contributed by atoms with Gasteiger partial charge in [-0.2, -0.15) is 13.2 Å². The molecule has 0 amide bonds. The number of carbonyl (C=O) groups is 1. The highest BCUT2D eigenvalue weighted by Crippen LogP contribution is 2.35. The molecule has 0 unspecified atom stereocenters. The van der Waals surface area contributed by atoms with Crippen LogP contribution in [-0.2, 0) is 26.5 Å². The van der Waals surface area contributed by atoms with E-state index in [1.807, 2.05) is 0 Å². The van der Waals surface area contributed by atoms with Gasteiger partial charge in [0.15, 0.2) is 0 Å². The first-order chi connectivity index (χ1) is 15.4. The summed E-state index contributed by atoms with van der Waals surface area (Å²) in [6.45, 7) is 3.07. The van der Waals surface area contributed by atoms with Crippen molar-refractivity contribution in [2.75, 3.05) is 7.11 Å². The zero-order chi connectivity index (χ0) is 24.4. The second-order valence-electron chi connectivity index (χ2n) is 7.72. The number of hydrogen-bond acceptors (Lipinski definition) is 5. The Kier molecular flexibility index (Phi) is 6.62. The average molecular weight is 478 g/mol. The highest BCUT2D eigenvalue weighted by molar-refractivity contribution is 7.89. The number of methoxy groups -OCH3 is 1. The SMILES string of the molecule is COC(=O)c1cnccc1-c1cccc(C(C)(C)NS(=O)(=O)c2ccccc2C(F)(F)F)c1. The number of benzene rings is 2. The zero-order valence-corrected chi connectivity index (χ0v) is 18.8. The van der Waals surface area contributed by atoms with Gasteiger partial charge in [0, 0.05) is 12.4 Å². The number of alkyl halides is 3. The third kappa shape index (κ3) is 5.23. The van der Waals surface area contributed by atoms with E-state index in [1.54, 1.807) is 30.3 Å². The van der Waals surface area contributed by atoms with Gasteiger partial charge in [0.25, 0.3) is 0 Å². The van der Waals surface area contributed by atoms with Gasteiger partial charge in [-0.15, -0.1) is 0 Å². The Morgan fingerprint density at radius 1 is 1.03 bits per heavy atom. The van der Waals surface area contributed by atoms with Gasteiger partial charge in [-0.3, -0.25) is 4.98 Å². The molecule has 0 radical (unpaired) electrons. The molecule has 2 aromatic carbocycles. The van der Waals surface area contributed by atoms with E-state index in [0.29, 0.717) is 16.7 Å². The summed E-state index contributed by atoms with van der Waals surface area (Å²) in [7, 11) is -3.29. The van der Waals surface area contributed by atoms with Crippen LogP contribution in [0.2, 0.25) is 0 Å². The Labute approximate surface area is 189 Å². The van der Waals surface area contributed by atoms with E-state index >= 15 is 0 Å². The number of pyridine rings is 1. The van der Waals surface area contributed by atoms with Crippen LogP contribution in [-0.4, -0.2) is 26.5 Å². The van der Waals surface area contributed by atoms with Gasteiger partial charge in [0.05, 0.1) is 28.7 Å². The lowest BCUT2D eigenvalue weighted by atomic mass is 9.91. The molecule has 1 N–H and O–H groups in total. The molecule has 0 atom stereocenters. The smallest absolute Gasteiger partial charge is 0.417 e. The molecule has 6 nitrogen and oxygen atoms in total. The standard InChI is InChI=1S/C23H21F3N2O4S/c1-22(2,28-33(30,31)20-10-5-4-9-19(20)23(24,25)26)16-8-6-7-15(13-16)17-11-12-27-14-18(17)21(29)32-3/h4-14,28H,1-3H3. The van der Waals surface area contributed by atoms with Crippen molar-refractivity contribution in [3.05, 3.63) is 83.7 Å². The lowest BCUT2D eigenvalue weighted by Gasteiger charge is -2.28. The molecule has 3 rings (SSSR count). The number of esters is 1. The summed E-state index contributed by atoms with van der Waals surface area (Å²) < 4.78 is 73.2. The summed E-state index contributed by atoms with van der Waals surface area (Å²) in [4.78, 5) is 15.2. The van der Waals surface area contributed by atoms with Gasteiger partial charge in [0.2, 0.25) is 10.0 Å². The number of nitrogens with zero attached hydrogens (tertiary/aromatic N) is 1. The van der Waals surface area contributed by atoms with E-state index < -0.39 is 38.2 Å². The summed E-state index contributed by atoms with van der Waals surface area (Å²) in [5.41, 5.74) is -0.749. The van der Waals surface area contributed by atoms with Crippen LogP contribution in [0.1, 0.15) is 35.3 Å². The van der Waals surface area contributed by atoms with E-state index in [-0.39, 0.29) is 5.56 Å². The largest absolute Gasteiger partial charge is 0.465 e. The first kappa shape index (κ1) is 24.4. The molecule has 0 spiro atoms. The van der Waals surface area contributed by atoms with Crippen molar-refractivity contribution in [1.29, 1.82) is 0 Å². The fourth-order valence-electron chi connectivity index (χ4n) is 3.38. The second-order valence-corrected chi connectivity index (χ2v) is 9.37. The minimum atomic E-state index is -4.83. The summed E-state index contributed by atoms with van der Waals surface area (Å²) in [5.74, 6) is -0.591. The lowest BCUT2D eigenvalue weighted by molar-refractivity contribution is -0.139. The van der Waals surface area contributed by atoms with Gasteiger partial charge in [0.1, 0.15) is 0 Å². The molecule has 0 fully saturated rings. The van der Waals surface area contributed by atoms with Crippen LogP contribution in [0.25, 0.3) is 11.1 Å². The Morgan fingerprint density at radius 3 is 2.39 bits per heavy atom. The summed E-state index contributed by atoms with van der Waals surface area (Å²) >= 11 is 0. The average Bonchev–Trinajstić information content (AvgIpc) is 2.77. The fourth-order valence-corrected chi connectivity index (χ4v) is 5.01. The molecular formula is C23H21F3N2O4S. The fraction of sp³-hybridized carbons (Fsp3) is 0.217. The molecule has 0 saturated carbocycles. The zero-order valence-electron chi connectivity index (χ0n) is 18.0. The van der Waals surface area contributed by atoms with Crippen molar-refractivity contribution in [2.24, 2.45) is 0 Å². The topological polar surface area (TPSA) is 85.4 Å². The van der Waals surface area contributed by atoms with Gasteiger partial charge >= 0.3 is 12.1 Å². The van der Waals surface area contributed by atoms with Crippen molar-refractivity contribution in [2.45, 2.75) is 30.5 Å². The number of ether oxygens (including phenoxy) is 1. The predicted molar refractivity (Wildman–Crippen MR) is 116 cm³/mol. The van der Waals surface area contributed by atoms with Crippen molar-refractivity contribution in [1.82, 2.24) is 9.71 Å². The predicted octanol–water partition coefficient (Wildman–Crippen LogP) is 4.77. The van der Waals surface area contributed by atoms with Crippen molar-refractivity contribution >= 4 is 16.0 Å². The minimum absolute atomic E-state index is 0.217. The maximum Gasteiger partial charge on any atom is 0.417 e. The number of nitrogens with one attached hydrogen (secondary N) is 1. The molecule has 0 bridgehead atoms. The molecule has 0 aliphatic heterocycles. The molecule has 0 aliphatic carbocycles. The van der Waals surface area contributed by atoms with Gasteiger partial charge in [-0.1, -0.05) is 30.3 Å². The van der Waals surface area contributed by atoms with Crippen LogP contribution in [0.4, 0.5) is 13.2 Å². The number of sulfonamides is 1. The van der Waals surface area contributed by atoms with Crippen molar-refractivity contribution < 1.29 is 31.1 Å². The highest BCUT2D eigenvalue weighted by Gasteiger charge is 2.38. The number of hydrogen-bond donors (Lipinski definition) is 1. The van der Waals surface area contributed by atoms with Crippen LogP contribution in [0.3, 0.4) is 0 Å². The minimum Gasteiger partial charge on any atom is -0.465 e. The van der Waals surface area contributed by atoms with Gasteiger partial charge in [-0.25, -0.2) is 17.9 Å². The maximum atomic E-state index is 13.4. The number of carbonyl (C=O) groups excluding carboxylic acids is 1. The Bertz CT molecular complexity index is 1290. The number of aromatic nitrogens is 1. The van der Waals surface area contributed by atoms with E-state index in [9.17, 15) is 26.4 Å².